The van der Waals surface area contributed by atoms with Crippen molar-refractivity contribution >= 4 is 56.8 Å². The molecule has 4 aliphatic carbocycles. The van der Waals surface area contributed by atoms with Gasteiger partial charge in [0.1, 0.15) is 17.3 Å². The Morgan fingerprint density at radius 3 is 2.51 bits per heavy atom. The van der Waals surface area contributed by atoms with Crippen LogP contribution in [0.2, 0.25) is 10.0 Å². The van der Waals surface area contributed by atoms with E-state index in [0.29, 0.717) is 49.2 Å². The van der Waals surface area contributed by atoms with E-state index in [4.69, 9.17) is 32.5 Å². The number of benzene rings is 1. The first-order valence-corrected chi connectivity index (χ1v) is 15.3. The van der Waals surface area contributed by atoms with E-state index in [0.717, 1.165) is 80.1 Å². The van der Waals surface area contributed by atoms with Crippen molar-refractivity contribution in [2.24, 2.45) is 10.8 Å². The first-order valence-electron chi connectivity index (χ1n) is 13.7. The molecule has 4 fully saturated rings. The van der Waals surface area contributed by atoms with Crippen LogP contribution in [0.4, 0.5) is 4.39 Å². The molecule has 0 radical (unpaired) electrons. The Bertz CT molecular complexity index is 1670. The average molecular weight is 615 g/mol. The van der Waals surface area contributed by atoms with Crippen LogP contribution in [-0.4, -0.2) is 32.8 Å². The highest BCUT2D eigenvalue weighted by Crippen LogP contribution is 2.58. The van der Waals surface area contributed by atoms with Gasteiger partial charge in [0, 0.05) is 40.9 Å². The molecule has 0 aliphatic heterocycles. The second kappa shape index (κ2) is 10.1. The number of hydrogen-bond donors (Lipinski definition) is 1. The number of aromatic nitrogens is 3. The van der Waals surface area contributed by atoms with Crippen molar-refractivity contribution in [3.05, 3.63) is 63.4 Å². The number of hydrogen-bond acceptors (Lipinski definition) is 7. The van der Waals surface area contributed by atoms with E-state index in [9.17, 15) is 14.3 Å². The number of allylic oxidation sites excluding steroid dienone is 1. The van der Waals surface area contributed by atoms with Gasteiger partial charge in [0.2, 0.25) is 0 Å². The number of carboxylic acids is 1. The summed E-state index contributed by atoms with van der Waals surface area (Å²) in [5.41, 5.74) is 2.62. The number of nitrogens with zero attached hydrogens (tertiary/aromatic N) is 3. The standard InChI is InChI=1S/C30H26Cl2FN3O4S/c31-20-13-34-14-21(32)23(20)24-18(25(40-36-24)16-1-2-16)3-4-29-5-8-30(9-6-29,10-7-29)15-39-28-35-22-12-17(33)11-19(27(37)38)26(22)41-28/h3-4,11-14,16H,1-2,5-10,15H2,(H,37,38)/b4-3+. The molecule has 0 amide bonds. The highest BCUT2D eigenvalue weighted by molar-refractivity contribution is 7.20. The Morgan fingerprint density at radius 1 is 1.15 bits per heavy atom. The van der Waals surface area contributed by atoms with Crippen molar-refractivity contribution < 1.29 is 23.6 Å². The fraction of sp³-hybridized carbons (Fsp3) is 0.400. The number of carboxylic acid groups (broad SMARTS) is 1. The molecular weight excluding hydrogens is 588 g/mol. The molecule has 0 saturated heterocycles. The molecule has 7 nitrogen and oxygen atoms in total. The fourth-order valence-electron chi connectivity index (χ4n) is 6.36. The van der Waals surface area contributed by atoms with Crippen LogP contribution in [0.3, 0.4) is 0 Å². The van der Waals surface area contributed by atoms with Crippen LogP contribution in [0.25, 0.3) is 27.6 Å². The minimum atomic E-state index is -1.18. The van der Waals surface area contributed by atoms with Gasteiger partial charge in [-0.05, 0) is 62.8 Å². The molecule has 0 unspecified atom stereocenters. The quantitative estimate of drug-likeness (QED) is 0.212. The number of halogens is 3. The predicted molar refractivity (Wildman–Crippen MR) is 155 cm³/mol. The molecule has 4 aliphatic rings. The van der Waals surface area contributed by atoms with Crippen LogP contribution in [0, 0.1) is 16.6 Å². The topological polar surface area (TPSA) is 98.3 Å². The largest absolute Gasteiger partial charge is 0.478 e. The maximum atomic E-state index is 13.9. The first kappa shape index (κ1) is 26.9. The van der Waals surface area contributed by atoms with Crippen LogP contribution in [0.15, 0.2) is 35.1 Å². The lowest BCUT2D eigenvalue weighted by atomic mass is 9.54. The van der Waals surface area contributed by atoms with Crippen LogP contribution in [0.5, 0.6) is 5.19 Å². The average Bonchev–Trinajstić information content (AvgIpc) is 3.59. The normalized spacial score (nSPS) is 24.0. The molecular formula is C30H26Cl2FN3O4S. The lowest BCUT2D eigenvalue weighted by Crippen LogP contribution is -2.43. The molecule has 2 bridgehead atoms. The zero-order chi connectivity index (χ0) is 28.4. The summed E-state index contributed by atoms with van der Waals surface area (Å²) in [6.45, 7) is 0.512. The van der Waals surface area contributed by atoms with Gasteiger partial charge in [-0.3, -0.25) is 4.98 Å². The van der Waals surface area contributed by atoms with E-state index in [1.807, 2.05) is 0 Å². The van der Waals surface area contributed by atoms with E-state index in [1.54, 1.807) is 12.4 Å². The van der Waals surface area contributed by atoms with E-state index in [2.05, 4.69) is 27.3 Å². The van der Waals surface area contributed by atoms with E-state index in [-0.39, 0.29) is 16.4 Å². The van der Waals surface area contributed by atoms with Crippen molar-refractivity contribution in [3.63, 3.8) is 0 Å². The van der Waals surface area contributed by atoms with Crippen LogP contribution in [0.1, 0.15) is 79.0 Å². The molecule has 0 atom stereocenters. The van der Waals surface area contributed by atoms with Gasteiger partial charge in [0.25, 0.3) is 5.19 Å². The summed E-state index contributed by atoms with van der Waals surface area (Å²) in [5.74, 6) is -0.528. The third kappa shape index (κ3) is 4.91. The highest BCUT2D eigenvalue weighted by Gasteiger charge is 2.48. The minimum Gasteiger partial charge on any atom is -0.478 e. The summed E-state index contributed by atoms with van der Waals surface area (Å²) in [6.07, 6.45) is 16.0. The zero-order valence-corrected chi connectivity index (χ0v) is 24.3. The molecule has 0 spiro atoms. The van der Waals surface area contributed by atoms with Gasteiger partial charge in [-0.15, -0.1) is 0 Å². The first-order chi connectivity index (χ1) is 19.7. The minimum absolute atomic E-state index is 0.0495. The van der Waals surface area contributed by atoms with Crippen molar-refractivity contribution in [2.45, 2.75) is 57.3 Å². The Balaban J connectivity index is 1.08. The number of carbonyl (C=O) groups is 1. The summed E-state index contributed by atoms with van der Waals surface area (Å²) < 4.78 is 26.3. The lowest BCUT2D eigenvalue weighted by Gasteiger charge is -2.52. The Hall–Kier alpha value is -3.01. The third-order valence-corrected chi connectivity index (χ3v) is 10.6. The maximum Gasteiger partial charge on any atom is 0.337 e. The molecule has 8 rings (SSSR count). The van der Waals surface area contributed by atoms with Gasteiger partial charge in [-0.1, -0.05) is 51.8 Å². The van der Waals surface area contributed by atoms with E-state index >= 15 is 0 Å². The van der Waals surface area contributed by atoms with Crippen molar-refractivity contribution in [3.8, 4) is 16.5 Å². The monoisotopic (exact) mass is 613 g/mol. The van der Waals surface area contributed by atoms with Gasteiger partial charge >= 0.3 is 5.97 Å². The van der Waals surface area contributed by atoms with Gasteiger partial charge in [-0.25, -0.2) is 14.2 Å². The summed E-state index contributed by atoms with van der Waals surface area (Å²) in [6, 6.07) is 2.27. The van der Waals surface area contributed by atoms with E-state index in [1.165, 1.54) is 6.07 Å². The van der Waals surface area contributed by atoms with Crippen LogP contribution in [-0.2, 0) is 0 Å². The van der Waals surface area contributed by atoms with Gasteiger partial charge in [-0.2, -0.15) is 0 Å². The molecule has 4 aromatic rings. The Morgan fingerprint density at radius 2 is 1.85 bits per heavy atom. The molecule has 3 aromatic heterocycles. The molecule has 41 heavy (non-hydrogen) atoms. The third-order valence-electron chi connectivity index (χ3n) is 9.02. The highest BCUT2D eigenvalue weighted by atomic mass is 35.5. The Labute approximate surface area is 249 Å². The van der Waals surface area contributed by atoms with Crippen molar-refractivity contribution in [1.82, 2.24) is 15.1 Å². The Kier molecular flexibility index (Phi) is 6.60. The van der Waals surface area contributed by atoms with Gasteiger partial charge < -0.3 is 14.4 Å². The molecule has 1 aromatic carbocycles. The molecule has 1 N–H and O–H groups in total. The van der Waals surface area contributed by atoms with Gasteiger partial charge in [0.15, 0.2) is 0 Å². The second-order valence-electron chi connectivity index (χ2n) is 11.6. The van der Waals surface area contributed by atoms with Gasteiger partial charge in [0.05, 0.1) is 32.4 Å². The molecule has 3 heterocycles. The second-order valence-corrected chi connectivity index (χ2v) is 13.4. The fourth-order valence-corrected chi connectivity index (χ4v) is 7.81. The molecule has 4 saturated carbocycles. The number of pyridine rings is 1. The zero-order valence-electron chi connectivity index (χ0n) is 22.0. The van der Waals surface area contributed by atoms with E-state index < -0.39 is 11.8 Å². The summed E-state index contributed by atoms with van der Waals surface area (Å²) in [7, 11) is 0. The lowest BCUT2D eigenvalue weighted by molar-refractivity contribution is -0.0122. The smallest absolute Gasteiger partial charge is 0.337 e. The predicted octanol–water partition coefficient (Wildman–Crippen LogP) is 8.80. The summed E-state index contributed by atoms with van der Waals surface area (Å²) in [4.78, 5) is 20.0. The SMILES string of the molecule is O=C(O)c1cc(F)cc2nc(OCC34CCC(/C=C/c5c(-c6c(Cl)cncc6Cl)noc5C5CC5)(CC3)CC4)sc12. The summed E-state index contributed by atoms with van der Waals surface area (Å²) >= 11 is 14.1. The number of aromatic carboxylic acids is 1. The number of ether oxygens (including phenoxy) is 1. The number of rotatable bonds is 8. The van der Waals surface area contributed by atoms with Crippen molar-refractivity contribution in [1.29, 1.82) is 0 Å². The van der Waals surface area contributed by atoms with Crippen molar-refractivity contribution in [2.75, 3.05) is 6.61 Å². The van der Waals surface area contributed by atoms with Crippen LogP contribution >= 0.6 is 34.5 Å². The molecule has 11 heteroatoms. The number of fused-ring (bicyclic) bond motifs is 4. The molecule has 212 valence electrons. The summed E-state index contributed by atoms with van der Waals surface area (Å²) in [5, 5.41) is 15.1. The number of thiazole rings is 1. The maximum absolute atomic E-state index is 13.9. The van der Waals surface area contributed by atoms with Crippen LogP contribution < -0.4 is 4.74 Å².